The number of rotatable bonds is 3. The molecule has 1 saturated carbocycles. The van der Waals surface area contributed by atoms with E-state index in [2.05, 4.69) is 23.8 Å². The van der Waals surface area contributed by atoms with Gasteiger partial charge in [-0.25, -0.2) is 0 Å². The lowest BCUT2D eigenvalue weighted by Gasteiger charge is -2.31. The van der Waals surface area contributed by atoms with E-state index in [0.717, 1.165) is 12.8 Å². The molecule has 6 heteroatoms. The van der Waals surface area contributed by atoms with Crippen LogP contribution in [0.4, 0.5) is 0 Å². The Kier molecular flexibility index (Phi) is 4.98. The molecule has 0 bridgehead atoms. The quantitative estimate of drug-likeness (QED) is 0.666. The van der Waals surface area contributed by atoms with Crippen molar-refractivity contribution in [1.82, 2.24) is 9.55 Å². The number of hydrogen-bond donors (Lipinski definition) is 2. The highest BCUT2D eigenvalue weighted by molar-refractivity contribution is 7.71. The van der Waals surface area contributed by atoms with Crippen LogP contribution in [0.25, 0.3) is 0 Å². The van der Waals surface area contributed by atoms with Gasteiger partial charge in [0.2, 0.25) is 5.88 Å². The number of aromatic amines is 1. The summed E-state index contributed by atoms with van der Waals surface area (Å²) in [6.07, 6.45) is 4.94. The van der Waals surface area contributed by atoms with Crippen LogP contribution in [0.15, 0.2) is 9.79 Å². The van der Waals surface area contributed by atoms with Crippen molar-refractivity contribution in [3.05, 3.63) is 20.7 Å². The number of nitrogens with one attached hydrogen (secondary N) is 1. The van der Waals surface area contributed by atoms with Crippen LogP contribution >= 0.6 is 12.2 Å². The summed E-state index contributed by atoms with van der Waals surface area (Å²) in [5, 5.41) is 10.2. The zero-order valence-corrected chi connectivity index (χ0v) is 13.6. The maximum Gasteiger partial charge on any atom is 0.264 e. The van der Waals surface area contributed by atoms with Gasteiger partial charge in [0.25, 0.3) is 5.56 Å². The minimum Gasteiger partial charge on any atom is -0.494 e. The number of aliphatic imine (C=N–C) groups is 1. The Labute approximate surface area is 129 Å². The third-order valence-corrected chi connectivity index (χ3v) is 4.90. The zero-order chi connectivity index (χ0) is 15.6. The first kappa shape index (κ1) is 15.9. The van der Waals surface area contributed by atoms with Crippen LogP contribution in [0.3, 0.4) is 0 Å². The summed E-state index contributed by atoms with van der Waals surface area (Å²) in [4.78, 5) is 19.1. The predicted octanol–water partition coefficient (Wildman–Crippen LogP) is 2.87. The van der Waals surface area contributed by atoms with Crippen LogP contribution in [0.5, 0.6) is 5.88 Å². The minimum absolute atomic E-state index is 0.105. The molecule has 116 valence electrons. The molecular formula is C15H23N3O2S. The largest absolute Gasteiger partial charge is 0.494 e. The molecule has 0 unspecified atom stereocenters. The number of nitrogens with zero attached hydrogens (tertiary/aromatic N) is 2. The normalized spacial score (nSPS) is 26.3. The highest BCUT2D eigenvalue weighted by atomic mass is 32.1. The fraction of sp³-hybridized carbons (Fsp3) is 0.667. The van der Waals surface area contributed by atoms with E-state index in [1.165, 1.54) is 17.2 Å². The molecule has 1 aliphatic rings. The van der Waals surface area contributed by atoms with E-state index in [4.69, 9.17) is 12.2 Å². The highest BCUT2D eigenvalue weighted by Gasteiger charge is 2.26. The van der Waals surface area contributed by atoms with Crippen molar-refractivity contribution in [1.29, 1.82) is 0 Å². The Morgan fingerprint density at radius 2 is 2.19 bits per heavy atom. The molecule has 1 aliphatic carbocycles. The predicted molar refractivity (Wildman–Crippen MR) is 86.8 cm³/mol. The molecule has 1 aromatic heterocycles. The monoisotopic (exact) mass is 309 g/mol. The van der Waals surface area contributed by atoms with Gasteiger partial charge in [-0.3, -0.25) is 19.3 Å². The lowest BCUT2D eigenvalue weighted by atomic mass is 9.78. The Morgan fingerprint density at radius 3 is 2.86 bits per heavy atom. The number of aromatic nitrogens is 2. The Balaban J connectivity index is 2.33. The van der Waals surface area contributed by atoms with Crippen molar-refractivity contribution in [2.24, 2.45) is 16.8 Å². The van der Waals surface area contributed by atoms with E-state index >= 15 is 0 Å². The summed E-state index contributed by atoms with van der Waals surface area (Å²) < 4.78 is 1.72. The summed E-state index contributed by atoms with van der Waals surface area (Å²) in [5.41, 5.74) is -0.196. The molecule has 5 nitrogen and oxygen atoms in total. The van der Waals surface area contributed by atoms with Gasteiger partial charge in [-0.05, 0) is 37.4 Å². The first-order chi connectivity index (χ1) is 9.95. The van der Waals surface area contributed by atoms with Gasteiger partial charge in [0, 0.05) is 12.8 Å². The van der Waals surface area contributed by atoms with E-state index in [1.54, 1.807) is 0 Å². The Morgan fingerprint density at radius 1 is 1.48 bits per heavy atom. The molecule has 1 aromatic rings. The van der Waals surface area contributed by atoms with Crippen molar-refractivity contribution >= 4 is 18.4 Å². The van der Waals surface area contributed by atoms with E-state index in [-0.39, 0.29) is 27.8 Å². The van der Waals surface area contributed by atoms with Crippen molar-refractivity contribution in [3.63, 3.8) is 0 Å². The van der Waals surface area contributed by atoms with Gasteiger partial charge in [0.05, 0.1) is 6.04 Å². The molecule has 0 amide bonds. The van der Waals surface area contributed by atoms with Crippen LogP contribution in [0.2, 0.25) is 0 Å². The average Bonchev–Trinajstić information content (AvgIpc) is 2.43. The molecule has 0 saturated heterocycles. The molecule has 0 aromatic carbocycles. The molecule has 0 radical (unpaired) electrons. The van der Waals surface area contributed by atoms with Crippen LogP contribution in [0, 0.1) is 16.6 Å². The summed E-state index contributed by atoms with van der Waals surface area (Å²) in [7, 11) is 0. The molecular weight excluding hydrogens is 286 g/mol. The third-order valence-electron chi connectivity index (χ3n) is 4.58. The van der Waals surface area contributed by atoms with Gasteiger partial charge in [0.15, 0.2) is 4.77 Å². The second kappa shape index (κ2) is 6.56. The number of H-pyrrole nitrogens is 1. The second-order valence-electron chi connectivity index (χ2n) is 5.85. The van der Waals surface area contributed by atoms with Crippen LogP contribution < -0.4 is 5.56 Å². The molecule has 21 heavy (non-hydrogen) atoms. The van der Waals surface area contributed by atoms with E-state index < -0.39 is 0 Å². The third kappa shape index (κ3) is 3.26. The standard InChI is InChI=1S/C15H23N3O2S/c1-4-18-14(20)11(13(19)17-15(18)21)8-16-12-7-5-6-9(2)10(12)3/h8-10,12,20H,4-7H2,1-3H3,(H,17,19,21)/t9-,10-,12-/m1/s1. The minimum atomic E-state index is -0.387. The van der Waals surface area contributed by atoms with E-state index in [9.17, 15) is 9.90 Å². The van der Waals surface area contributed by atoms with E-state index in [1.807, 2.05) is 6.92 Å². The second-order valence-corrected chi connectivity index (χ2v) is 6.24. The Hall–Kier alpha value is -1.43. The summed E-state index contributed by atoms with van der Waals surface area (Å²) in [6, 6.07) is 0.214. The summed E-state index contributed by atoms with van der Waals surface area (Å²) >= 11 is 5.03. The van der Waals surface area contributed by atoms with Gasteiger partial charge in [-0.15, -0.1) is 0 Å². The van der Waals surface area contributed by atoms with E-state index in [0.29, 0.717) is 18.4 Å². The van der Waals surface area contributed by atoms with Crippen LogP contribution in [-0.2, 0) is 6.54 Å². The summed E-state index contributed by atoms with van der Waals surface area (Å²) in [6.45, 7) is 6.81. The van der Waals surface area contributed by atoms with Crippen molar-refractivity contribution in [2.75, 3.05) is 0 Å². The Bertz CT molecular complexity index is 647. The fourth-order valence-corrected chi connectivity index (χ4v) is 3.23. The van der Waals surface area contributed by atoms with Gasteiger partial charge >= 0.3 is 0 Å². The highest BCUT2D eigenvalue weighted by Crippen LogP contribution is 2.31. The van der Waals surface area contributed by atoms with Gasteiger partial charge in [0.1, 0.15) is 5.56 Å². The maximum atomic E-state index is 12.0. The topological polar surface area (TPSA) is 70.4 Å². The first-order valence-electron chi connectivity index (χ1n) is 7.55. The smallest absolute Gasteiger partial charge is 0.264 e. The van der Waals surface area contributed by atoms with Gasteiger partial charge in [-0.1, -0.05) is 26.7 Å². The van der Waals surface area contributed by atoms with Crippen LogP contribution in [-0.4, -0.2) is 26.9 Å². The van der Waals surface area contributed by atoms with Crippen LogP contribution in [0.1, 0.15) is 45.6 Å². The fourth-order valence-electron chi connectivity index (χ4n) is 2.92. The molecule has 0 aliphatic heterocycles. The lowest BCUT2D eigenvalue weighted by molar-refractivity contribution is 0.242. The molecule has 2 N–H and O–H groups in total. The maximum absolute atomic E-state index is 12.0. The first-order valence-corrected chi connectivity index (χ1v) is 7.95. The zero-order valence-electron chi connectivity index (χ0n) is 12.8. The molecule has 1 fully saturated rings. The van der Waals surface area contributed by atoms with Gasteiger partial charge < -0.3 is 5.11 Å². The van der Waals surface area contributed by atoms with Crippen molar-refractivity contribution < 1.29 is 5.11 Å². The SMILES string of the molecule is CCn1c(O)c(C=N[C@@H]2CCC[C@@H](C)[C@H]2C)c(=O)[nH]c1=S. The molecule has 3 atom stereocenters. The van der Waals surface area contributed by atoms with Gasteiger partial charge in [-0.2, -0.15) is 0 Å². The molecule has 1 heterocycles. The van der Waals surface area contributed by atoms with Crippen molar-refractivity contribution in [2.45, 2.75) is 52.6 Å². The molecule has 2 rings (SSSR count). The van der Waals surface area contributed by atoms with Crippen molar-refractivity contribution in [3.8, 4) is 5.88 Å². The summed E-state index contributed by atoms with van der Waals surface area (Å²) in [5.74, 6) is 1.03. The lowest BCUT2D eigenvalue weighted by Crippen LogP contribution is -2.28. The number of hydrogen-bond acceptors (Lipinski definition) is 4. The molecule has 0 spiro atoms. The number of aromatic hydroxyl groups is 1. The average molecular weight is 309 g/mol.